The van der Waals surface area contributed by atoms with E-state index < -0.39 is 0 Å². The molecule has 106 valence electrons. The van der Waals surface area contributed by atoms with Crippen LogP contribution >= 0.6 is 0 Å². The molecule has 2 heteroatoms. The lowest BCUT2D eigenvalue weighted by Gasteiger charge is -2.49. The third kappa shape index (κ3) is 3.27. The zero-order valence-electron chi connectivity index (χ0n) is 13.1. The Kier molecular flexibility index (Phi) is 4.08. The molecule has 2 rings (SSSR count). The summed E-state index contributed by atoms with van der Waals surface area (Å²) in [6.07, 6.45) is 5.46. The maximum absolute atomic E-state index is 3.53. The predicted octanol–water partition coefficient (Wildman–Crippen LogP) is 3.28. The number of hydrogen-bond acceptors (Lipinski definition) is 2. The van der Waals surface area contributed by atoms with E-state index in [9.17, 15) is 0 Å². The first kappa shape index (κ1) is 14.3. The highest BCUT2D eigenvalue weighted by Crippen LogP contribution is 2.47. The zero-order valence-corrected chi connectivity index (χ0v) is 13.1. The number of rotatable bonds is 3. The van der Waals surface area contributed by atoms with Gasteiger partial charge in [0.1, 0.15) is 0 Å². The van der Waals surface area contributed by atoms with E-state index in [0.717, 1.165) is 12.1 Å². The Labute approximate surface area is 114 Å². The fourth-order valence-corrected chi connectivity index (χ4v) is 4.76. The average Bonchev–Trinajstić information content (AvgIpc) is 2.67. The molecule has 0 aromatic heterocycles. The van der Waals surface area contributed by atoms with Crippen LogP contribution in [-0.4, -0.2) is 36.6 Å². The number of nitrogens with one attached hydrogen (secondary N) is 1. The maximum Gasteiger partial charge on any atom is 0.0235 e. The second-order valence-electron chi connectivity index (χ2n) is 8.04. The molecular formula is C16H32N2. The van der Waals surface area contributed by atoms with Crippen LogP contribution in [-0.2, 0) is 0 Å². The lowest BCUT2D eigenvalue weighted by molar-refractivity contribution is 0.0105. The van der Waals surface area contributed by atoms with Crippen molar-refractivity contribution >= 4 is 0 Å². The van der Waals surface area contributed by atoms with Gasteiger partial charge in [0.25, 0.3) is 0 Å². The van der Waals surface area contributed by atoms with Crippen LogP contribution < -0.4 is 5.32 Å². The highest BCUT2D eigenvalue weighted by atomic mass is 15.2. The molecule has 2 aliphatic rings. The monoisotopic (exact) mass is 252 g/mol. The van der Waals surface area contributed by atoms with Gasteiger partial charge in [-0.3, -0.25) is 4.90 Å². The first-order valence-corrected chi connectivity index (χ1v) is 7.79. The predicted molar refractivity (Wildman–Crippen MR) is 78.9 cm³/mol. The molecule has 0 spiro atoms. The SMILES string of the molecule is CCN(C1CCNC1)C1CC(C)(C)CC(C)(C)C1. The van der Waals surface area contributed by atoms with Crippen molar-refractivity contribution in [1.29, 1.82) is 0 Å². The number of likely N-dealkylation sites (N-methyl/N-ethyl adjacent to an activating group) is 1. The molecule has 0 radical (unpaired) electrons. The molecule has 1 aliphatic heterocycles. The first-order chi connectivity index (χ1) is 8.33. The summed E-state index contributed by atoms with van der Waals surface area (Å²) >= 11 is 0. The fraction of sp³-hybridized carbons (Fsp3) is 1.00. The quantitative estimate of drug-likeness (QED) is 0.829. The van der Waals surface area contributed by atoms with Crippen molar-refractivity contribution in [3.8, 4) is 0 Å². The Morgan fingerprint density at radius 3 is 2.11 bits per heavy atom. The average molecular weight is 252 g/mol. The Bertz CT molecular complexity index is 261. The van der Waals surface area contributed by atoms with E-state index >= 15 is 0 Å². The van der Waals surface area contributed by atoms with E-state index in [2.05, 4.69) is 44.8 Å². The van der Waals surface area contributed by atoms with Crippen LogP contribution in [0.1, 0.15) is 60.3 Å². The van der Waals surface area contributed by atoms with Crippen molar-refractivity contribution < 1.29 is 0 Å². The minimum Gasteiger partial charge on any atom is -0.315 e. The minimum atomic E-state index is 0.506. The third-order valence-corrected chi connectivity index (χ3v) is 4.87. The largest absolute Gasteiger partial charge is 0.315 e. The molecule has 2 fully saturated rings. The summed E-state index contributed by atoms with van der Waals surface area (Å²) in [6.45, 7) is 15.8. The molecule has 18 heavy (non-hydrogen) atoms. The van der Waals surface area contributed by atoms with E-state index in [1.165, 1.54) is 45.3 Å². The van der Waals surface area contributed by atoms with Crippen molar-refractivity contribution in [2.24, 2.45) is 10.8 Å². The van der Waals surface area contributed by atoms with Gasteiger partial charge in [0.2, 0.25) is 0 Å². The molecule has 0 bridgehead atoms. The Morgan fingerprint density at radius 1 is 1.06 bits per heavy atom. The topological polar surface area (TPSA) is 15.3 Å². The van der Waals surface area contributed by atoms with Gasteiger partial charge in [-0.05, 0) is 49.6 Å². The van der Waals surface area contributed by atoms with Crippen LogP contribution in [0.5, 0.6) is 0 Å². The molecule has 1 unspecified atom stereocenters. The molecule has 1 aliphatic carbocycles. The van der Waals surface area contributed by atoms with Crippen LogP contribution in [0, 0.1) is 10.8 Å². The van der Waals surface area contributed by atoms with Crippen LogP contribution in [0.2, 0.25) is 0 Å². The lowest BCUT2D eigenvalue weighted by atomic mass is 9.63. The highest BCUT2D eigenvalue weighted by molar-refractivity contribution is 4.95. The van der Waals surface area contributed by atoms with Crippen molar-refractivity contribution in [1.82, 2.24) is 10.2 Å². The van der Waals surface area contributed by atoms with Gasteiger partial charge in [0.15, 0.2) is 0 Å². The van der Waals surface area contributed by atoms with Crippen molar-refractivity contribution in [2.45, 2.75) is 72.4 Å². The molecule has 1 atom stereocenters. The third-order valence-electron chi connectivity index (χ3n) is 4.87. The molecule has 0 aromatic carbocycles. The van der Waals surface area contributed by atoms with Crippen LogP contribution in [0.15, 0.2) is 0 Å². The molecule has 1 heterocycles. The summed E-state index contributed by atoms with van der Waals surface area (Å²) in [5, 5.41) is 3.53. The molecule has 2 nitrogen and oxygen atoms in total. The number of hydrogen-bond donors (Lipinski definition) is 1. The van der Waals surface area contributed by atoms with Crippen molar-refractivity contribution in [3.63, 3.8) is 0 Å². The van der Waals surface area contributed by atoms with E-state index in [4.69, 9.17) is 0 Å². The van der Waals surface area contributed by atoms with E-state index in [0.29, 0.717) is 10.8 Å². The smallest absolute Gasteiger partial charge is 0.0235 e. The van der Waals surface area contributed by atoms with Gasteiger partial charge in [0, 0.05) is 18.6 Å². The van der Waals surface area contributed by atoms with E-state index in [-0.39, 0.29) is 0 Å². The van der Waals surface area contributed by atoms with Crippen molar-refractivity contribution in [2.75, 3.05) is 19.6 Å². The van der Waals surface area contributed by atoms with Crippen LogP contribution in [0.25, 0.3) is 0 Å². The summed E-state index contributed by atoms with van der Waals surface area (Å²) in [5.74, 6) is 0. The van der Waals surface area contributed by atoms with Crippen LogP contribution in [0.3, 0.4) is 0 Å². The van der Waals surface area contributed by atoms with Gasteiger partial charge in [0.05, 0.1) is 0 Å². The normalized spacial score (nSPS) is 32.0. The van der Waals surface area contributed by atoms with Gasteiger partial charge in [-0.1, -0.05) is 34.6 Å². The second-order valence-corrected chi connectivity index (χ2v) is 8.04. The molecule has 1 N–H and O–H groups in total. The Hall–Kier alpha value is -0.0800. The standard InChI is InChI=1S/C16H32N2/c1-6-18(13-7-8-17-11-13)14-9-15(2,3)12-16(4,5)10-14/h13-14,17H,6-12H2,1-5H3. The Balaban J connectivity index is 2.09. The fourth-order valence-electron chi connectivity index (χ4n) is 4.76. The molecule has 1 saturated carbocycles. The summed E-state index contributed by atoms with van der Waals surface area (Å²) in [4.78, 5) is 2.79. The summed E-state index contributed by atoms with van der Waals surface area (Å²) in [7, 11) is 0. The summed E-state index contributed by atoms with van der Waals surface area (Å²) in [5.41, 5.74) is 1.01. The van der Waals surface area contributed by atoms with Crippen molar-refractivity contribution in [3.05, 3.63) is 0 Å². The van der Waals surface area contributed by atoms with Gasteiger partial charge in [-0.2, -0.15) is 0 Å². The highest BCUT2D eigenvalue weighted by Gasteiger charge is 2.41. The van der Waals surface area contributed by atoms with Gasteiger partial charge >= 0.3 is 0 Å². The number of nitrogens with zero attached hydrogens (tertiary/aromatic N) is 1. The molecular weight excluding hydrogens is 220 g/mol. The minimum absolute atomic E-state index is 0.506. The first-order valence-electron chi connectivity index (χ1n) is 7.79. The summed E-state index contributed by atoms with van der Waals surface area (Å²) < 4.78 is 0. The van der Waals surface area contributed by atoms with Crippen LogP contribution in [0.4, 0.5) is 0 Å². The summed E-state index contributed by atoms with van der Waals surface area (Å²) in [6, 6.07) is 1.57. The van der Waals surface area contributed by atoms with Gasteiger partial charge in [-0.25, -0.2) is 0 Å². The maximum atomic E-state index is 3.53. The van der Waals surface area contributed by atoms with E-state index in [1.54, 1.807) is 0 Å². The zero-order chi connectivity index (χ0) is 13.4. The van der Waals surface area contributed by atoms with Gasteiger partial charge in [-0.15, -0.1) is 0 Å². The molecule has 0 aromatic rings. The van der Waals surface area contributed by atoms with E-state index in [1.807, 2.05) is 0 Å². The Morgan fingerprint density at radius 2 is 1.67 bits per heavy atom. The molecule has 1 saturated heterocycles. The molecule has 0 amide bonds. The lowest BCUT2D eigenvalue weighted by Crippen LogP contribution is -2.50. The van der Waals surface area contributed by atoms with Gasteiger partial charge < -0.3 is 5.32 Å². The second kappa shape index (κ2) is 5.13.